The van der Waals surface area contributed by atoms with Crippen LogP contribution in [0.4, 0.5) is 0 Å². The molecule has 2 aliphatic carbocycles. The molecule has 6 rings (SSSR count). The lowest BCUT2D eigenvalue weighted by Gasteiger charge is -2.67. The minimum absolute atomic E-state index is 0.0536. The molecule has 2 aromatic rings. The maximum atomic E-state index is 14.4. The van der Waals surface area contributed by atoms with E-state index in [1.54, 1.807) is 6.92 Å². The van der Waals surface area contributed by atoms with Crippen molar-refractivity contribution >= 4 is 41.8 Å². The third-order valence-electron chi connectivity index (χ3n) is 12.4. The summed E-state index contributed by atoms with van der Waals surface area (Å²) < 4.78 is 49.8. The van der Waals surface area contributed by atoms with Gasteiger partial charge in [-0.15, -0.1) is 0 Å². The molecular weight excluding hydrogens is 808 g/mol. The molecule has 4 aliphatic rings. The van der Waals surface area contributed by atoms with Crippen molar-refractivity contribution in [2.24, 2.45) is 24.3 Å². The van der Waals surface area contributed by atoms with Gasteiger partial charge in [-0.25, -0.2) is 9.59 Å². The fourth-order valence-electron chi connectivity index (χ4n) is 9.68. The molecule has 20 nitrogen and oxygen atoms in total. The molecule has 20 heteroatoms. The zero-order valence-corrected chi connectivity index (χ0v) is 34.9. The van der Waals surface area contributed by atoms with E-state index < -0.39 is 137 Å². The Bertz CT molecular complexity index is 2220. The van der Waals surface area contributed by atoms with Gasteiger partial charge in [0.15, 0.2) is 17.8 Å². The second-order valence-electron chi connectivity index (χ2n) is 16.4. The molecule has 0 unspecified atom stereocenters. The van der Waals surface area contributed by atoms with Gasteiger partial charge in [0, 0.05) is 59.1 Å². The van der Waals surface area contributed by atoms with E-state index in [1.807, 2.05) is 0 Å². The van der Waals surface area contributed by atoms with Crippen LogP contribution in [0.15, 0.2) is 41.5 Å². The SMILES string of the molecule is CC(=O)OC[C@]12[C@H](OC(C)=O)[C@H](OC(C)=O)[C@@H]3[C@@H](OC(C)=O)[C@@]14O[C@@]3(C)COC(=O)c1cccnc1[C@H](C)[C@H](C)C(=O)O[C@@H]([C@H](O)[C@@H]2OC(=O)c1ccc(=O)n(C)c1)[C@]4(C)O. The van der Waals surface area contributed by atoms with Crippen LogP contribution >= 0.6 is 0 Å². The predicted octanol–water partition coefficient (Wildman–Crippen LogP) is 0.455. The Morgan fingerprint density at radius 3 is 2.11 bits per heavy atom. The topological polar surface area (TPSA) is 269 Å². The van der Waals surface area contributed by atoms with E-state index in [0.29, 0.717) is 0 Å². The Kier molecular flexibility index (Phi) is 11.7. The van der Waals surface area contributed by atoms with Crippen LogP contribution in [0, 0.1) is 17.3 Å². The first-order chi connectivity index (χ1) is 28.4. The molecule has 4 bridgehead atoms. The van der Waals surface area contributed by atoms with Crippen LogP contribution in [-0.2, 0) is 68.9 Å². The van der Waals surface area contributed by atoms with Crippen molar-refractivity contribution in [2.75, 3.05) is 13.2 Å². The molecule has 2 aromatic heterocycles. The Morgan fingerprint density at radius 1 is 0.869 bits per heavy atom. The molecule has 3 fully saturated rings. The zero-order valence-electron chi connectivity index (χ0n) is 34.9. The Balaban J connectivity index is 1.76. The van der Waals surface area contributed by atoms with Crippen molar-refractivity contribution in [2.45, 2.75) is 115 Å². The molecule has 1 spiro atoms. The maximum absolute atomic E-state index is 14.4. The quantitative estimate of drug-likeness (QED) is 0.283. The molecule has 2 aliphatic heterocycles. The van der Waals surface area contributed by atoms with Gasteiger partial charge in [-0.1, -0.05) is 13.8 Å². The summed E-state index contributed by atoms with van der Waals surface area (Å²) >= 11 is 0. The smallest absolute Gasteiger partial charge is 0.340 e. The van der Waals surface area contributed by atoms with Gasteiger partial charge >= 0.3 is 41.8 Å². The van der Waals surface area contributed by atoms with Crippen LogP contribution in [0.1, 0.15) is 87.7 Å². The molecule has 2 N–H and O–H groups in total. The number of pyridine rings is 2. The van der Waals surface area contributed by atoms with Gasteiger partial charge in [0.25, 0.3) is 0 Å². The highest BCUT2D eigenvalue weighted by molar-refractivity contribution is 5.91. The van der Waals surface area contributed by atoms with Gasteiger partial charge in [0.1, 0.15) is 54.2 Å². The number of carbonyl (C=O) groups excluding carboxylic acids is 7. The van der Waals surface area contributed by atoms with Crippen LogP contribution in [0.25, 0.3) is 0 Å². The second kappa shape index (κ2) is 15.9. The van der Waals surface area contributed by atoms with E-state index in [0.717, 1.165) is 57.5 Å². The summed E-state index contributed by atoms with van der Waals surface area (Å²) in [5, 5.41) is 26.1. The number of aliphatic hydroxyl groups excluding tert-OH is 1. The average Bonchev–Trinajstić information content (AvgIpc) is 3.40. The van der Waals surface area contributed by atoms with Crippen LogP contribution in [-0.4, -0.2) is 128 Å². The summed E-state index contributed by atoms with van der Waals surface area (Å²) in [6.07, 6.45) is -10.2. The van der Waals surface area contributed by atoms with E-state index in [4.69, 9.17) is 37.9 Å². The number of rotatable bonds is 7. The molecule has 330 valence electrons. The molecule has 4 heterocycles. The first-order valence-corrected chi connectivity index (χ1v) is 19.4. The van der Waals surface area contributed by atoms with Gasteiger partial charge < -0.3 is 52.7 Å². The molecule has 2 saturated carbocycles. The van der Waals surface area contributed by atoms with E-state index in [2.05, 4.69) is 4.98 Å². The number of fused-ring (bicyclic) bond motifs is 5. The monoisotopic (exact) mass is 856 g/mol. The lowest BCUT2D eigenvalue weighted by Crippen LogP contribution is -2.89. The Morgan fingerprint density at radius 2 is 1.51 bits per heavy atom. The van der Waals surface area contributed by atoms with Crippen molar-refractivity contribution in [1.29, 1.82) is 0 Å². The molecule has 0 aromatic carbocycles. The van der Waals surface area contributed by atoms with E-state index in [1.165, 1.54) is 39.2 Å². The lowest BCUT2D eigenvalue weighted by molar-refractivity contribution is -0.385. The zero-order chi connectivity index (χ0) is 45.1. The average molecular weight is 857 g/mol. The lowest BCUT2D eigenvalue weighted by atomic mass is 9.45. The number of hydrogen-bond acceptors (Lipinski definition) is 19. The Hall–Kier alpha value is -5.73. The number of nitrogens with zero attached hydrogens (tertiary/aromatic N) is 2. The maximum Gasteiger partial charge on any atom is 0.340 e. The number of aromatic nitrogens is 2. The summed E-state index contributed by atoms with van der Waals surface area (Å²) in [7, 11) is 1.34. The summed E-state index contributed by atoms with van der Waals surface area (Å²) in [5.41, 5.74) is -11.2. The third-order valence-corrected chi connectivity index (χ3v) is 12.4. The largest absolute Gasteiger partial charge is 0.465 e. The van der Waals surface area contributed by atoms with Crippen LogP contribution in [0.3, 0.4) is 0 Å². The number of hydrogen-bond donors (Lipinski definition) is 2. The van der Waals surface area contributed by atoms with Crippen molar-refractivity contribution in [1.82, 2.24) is 9.55 Å². The number of cyclic esters (lactones) is 1. The highest BCUT2D eigenvalue weighted by Crippen LogP contribution is 2.70. The van der Waals surface area contributed by atoms with Gasteiger partial charge in [0.2, 0.25) is 5.56 Å². The molecule has 61 heavy (non-hydrogen) atoms. The van der Waals surface area contributed by atoms with Crippen LogP contribution < -0.4 is 5.56 Å². The number of carbonyl (C=O) groups is 7. The molecule has 0 amide bonds. The van der Waals surface area contributed by atoms with E-state index in [-0.39, 0.29) is 16.8 Å². The van der Waals surface area contributed by atoms with Gasteiger partial charge in [-0.05, 0) is 32.0 Å². The normalized spacial score (nSPS) is 36.5. The third kappa shape index (κ3) is 7.12. The van der Waals surface area contributed by atoms with Gasteiger partial charge in [0.05, 0.1) is 28.7 Å². The number of esters is 7. The molecule has 0 radical (unpaired) electrons. The van der Waals surface area contributed by atoms with E-state index in [9.17, 15) is 48.6 Å². The van der Waals surface area contributed by atoms with Crippen molar-refractivity contribution < 1.29 is 81.7 Å². The van der Waals surface area contributed by atoms with Crippen molar-refractivity contribution in [3.05, 3.63) is 63.8 Å². The van der Waals surface area contributed by atoms with Crippen LogP contribution in [0.2, 0.25) is 0 Å². The fraction of sp³-hybridized carbons (Fsp3) is 0.585. The van der Waals surface area contributed by atoms with Gasteiger partial charge in [-0.2, -0.15) is 0 Å². The fourth-order valence-corrected chi connectivity index (χ4v) is 9.68. The van der Waals surface area contributed by atoms with Crippen molar-refractivity contribution in [3.8, 4) is 0 Å². The minimum Gasteiger partial charge on any atom is -0.465 e. The molecular formula is C41H48N2O18. The second-order valence-corrected chi connectivity index (χ2v) is 16.4. The highest BCUT2D eigenvalue weighted by atomic mass is 16.7. The number of ether oxygens (including phenoxy) is 8. The Labute approximate surface area is 348 Å². The van der Waals surface area contributed by atoms with Gasteiger partial charge in [-0.3, -0.25) is 33.8 Å². The van der Waals surface area contributed by atoms with E-state index >= 15 is 0 Å². The first kappa shape index (κ1) is 44.8. The first-order valence-electron chi connectivity index (χ1n) is 19.4. The summed E-state index contributed by atoms with van der Waals surface area (Å²) in [5.74, 6) is -11.0. The van der Waals surface area contributed by atoms with Crippen molar-refractivity contribution in [3.63, 3.8) is 0 Å². The number of aryl methyl sites for hydroxylation is 1. The molecule has 13 atom stereocenters. The summed E-state index contributed by atoms with van der Waals surface area (Å²) in [6.45, 7) is 7.51. The standard InChI is InChI=1S/C41H48N2O18/c1-18-19(2)35(50)59-32-29(49)33(60-36(51)24-12-13-26(48)43(9)15-24)40(17-54-20(3)44)34(58-23(6)47)30(56-21(4)45)27-31(57-22(5)46)41(40,39(32,8)53)61-38(27,7)16-55-37(52)25-11-10-14-42-28(18)25/h10-15,18-19,27,29-34,49,53H,16-17H2,1-9H3/t18-,19+,27-,29+,30-,31-,32+,33+,34-,38+,39+,40+,41+/m1/s1. The predicted molar refractivity (Wildman–Crippen MR) is 201 cm³/mol. The highest BCUT2D eigenvalue weighted by Gasteiger charge is 2.91. The molecule has 1 saturated heterocycles. The summed E-state index contributed by atoms with van der Waals surface area (Å²) in [4.78, 5) is 112. The number of aliphatic hydroxyl groups is 2. The summed E-state index contributed by atoms with van der Waals surface area (Å²) in [6, 6.07) is 5.04. The minimum atomic E-state index is -2.87. The van der Waals surface area contributed by atoms with Crippen LogP contribution in [0.5, 0.6) is 0 Å².